The van der Waals surface area contributed by atoms with Crippen LogP contribution in [0.1, 0.15) is 0 Å². The summed E-state index contributed by atoms with van der Waals surface area (Å²) >= 11 is 0. The van der Waals surface area contributed by atoms with Gasteiger partial charge in [0.1, 0.15) is 5.82 Å². The van der Waals surface area contributed by atoms with Crippen molar-refractivity contribution in [2.45, 2.75) is 0 Å². The lowest BCUT2D eigenvalue weighted by Gasteiger charge is -2.05. The summed E-state index contributed by atoms with van der Waals surface area (Å²) in [5, 5.41) is 6.82. The Bertz CT molecular complexity index is 706. The van der Waals surface area contributed by atoms with Crippen LogP contribution in [0.15, 0.2) is 48.8 Å². The molecular weight excluding hydrogens is 243 g/mol. The number of hydrogen-bond acceptors (Lipinski definition) is 3. The van der Waals surface area contributed by atoms with Gasteiger partial charge in [-0.1, -0.05) is 18.2 Å². The Morgan fingerprint density at radius 3 is 2.53 bits per heavy atom. The van der Waals surface area contributed by atoms with Crippen molar-refractivity contribution in [2.75, 3.05) is 5.73 Å². The average molecular weight is 254 g/mol. The number of benzene rings is 1. The van der Waals surface area contributed by atoms with Crippen molar-refractivity contribution in [1.29, 1.82) is 0 Å². The molecule has 19 heavy (non-hydrogen) atoms. The minimum atomic E-state index is -0.328. The molecule has 1 aromatic carbocycles. The van der Waals surface area contributed by atoms with E-state index in [1.165, 1.54) is 6.07 Å². The Morgan fingerprint density at radius 1 is 1.05 bits per heavy atom. The van der Waals surface area contributed by atoms with E-state index < -0.39 is 0 Å². The van der Waals surface area contributed by atoms with E-state index in [9.17, 15) is 4.39 Å². The summed E-state index contributed by atoms with van der Waals surface area (Å²) in [6.07, 6.45) is 3.33. The number of nitrogen functional groups attached to an aromatic ring is 1. The first kappa shape index (κ1) is 11.4. The van der Waals surface area contributed by atoms with Crippen LogP contribution >= 0.6 is 0 Å². The highest BCUT2D eigenvalue weighted by Gasteiger charge is 2.17. The number of rotatable bonds is 2. The lowest BCUT2D eigenvalue weighted by molar-refractivity contribution is 0.631. The first-order chi connectivity index (χ1) is 9.27. The van der Waals surface area contributed by atoms with Gasteiger partial charge in [-0.2, -0.15) is 5.10 Å². The molecule has 0 spiro atoms. The predicted octanol–water partition coefficient (Wildman–Crippen LogP) is 2.86. The monoisotopic (exact) mass is 254 g/mol. The number of nitrogens with zero attached hydrogens (tertiary/aromatic N) is 2. The highest BCUT2D eigenvalue weighted by Crippen LogP contribution is 2.35. The van der Waals surface area contributed by atoms with Crippen LogP contribution in [0.5, 0.6) is 0 Å². The number of H-pyrrole nitrogens is 1. The molecule has 0 radical (unpaired) electrons. The third-order valence-electron chi connectivity index (χ3n) is 2.91. The molecule has 2 heterocycles. The zero-order chi connectivity index (χ0) is 13.2. The maximum atomic E-state index is 13.9. The molecule has 0 bridgehead atoms. The van der Waals surface area contributed by atoms with Gasteiger partial charge in [0, 0.05) is 23.5 Å². The van der Waals surface area contributed by atoms with Crippen molar-refractivity contribution in [3.8, 4) is 22.4 Å². The normalized spacial score (nSPS) is 10.6. The van der Waals surface area contributed by atoms with Gasteiger partial charge in [0.15, 0.2) is 5.82 Å². The van der Waals surface area contributed by atoms with Crippen LogP contribution in [0.25, 0.3) is 22.4 Å². The highest BCUT2D eigenvalue weighted by molar-refractivity contribution is 5.87. The van der Waals surface area contributed by atoms with E-state index in [2.05, 4.69) is 15.2 Å². The molecule has 94 valence electrons. The fourth-order valence-electron chi connectivity index (χ4n) is 2.02. The summed E-state index contributed by atoms with van der Waals surface area (Å²) in [5.74, 6) is -0.0529. The molecule has 0 amide bonds. The lowest BCUT2D eigenvalue weighted by atomic mass is 10.0. The molecule has 0 aliphatic rings. The summed E-state index contributed by atoms with van der Waals surface area (Å²) in [7, 11) is 0. The predicted molar refractivity (Wildman–Crippen MR) is 71.6 cm³/mol. The van der Waals surface area contributed by atoms with E-state index in [1.807, 2.05) is 12.1 Å². The molecule has 5 heteroatoms. The molecule has 4 nitrogen and oxygen atoms in total. The Balaban J connectivity index is 2.23. The quantitative estimate of drug-likeness (QED) is 0.738. The first-order valence-electron chi connectivity index (χ1n) is 5.76. The molecule has 0 fully saturated rings. The van der Waals surface area contributed by atoms with Crippen molar-refractivity contribution in [1.82, 2.24) is 15.2 Å². The topological polar surface area (TPSA) is 67.6 Å². The summed E-state index contributed by atoms with van der Waals surface area (Å²) in [5.41, 5.74) is 8.40. The number of halogens is 1. The van der Waals surface area contributed by atoms with Crippen molar-refractivity contribution < 1.29 is 4.39 Å². The summed E-state index contributed by atoms with van der Waals surface area (Å²) in [6, 6.07) is 10.1. The average Bonchev–Trinajstić information content (AvgIpc) is 2.82. The fourth-order valence-corrected chi connectivity index (χ4v) is 2.02. The van der Waals surface area contributed by atoms with Gasteiger partial charge < -0.3 is 5.73 Å². The van der Waals surface area contributed by atoms with Crippen LogP contribution in [0.4, 0.5) is 10.2 Å². The molecule has 0 saturated carbocycles. The van der Waals surface area contributed by atoms with Gasteiger partial charge in [-0.3, -0.25) is 10.1 Å². The van der Waals surface area contributed by atoms with Crippen LogP contribution < -0.4 is 5.73 Å². The summed E-state index contributed by atoms with van der Waals surface area (Å²) < 4.78 is 13.9. The Morgan fingerprint density at radius 2 is 1.79 bits per heavy atom. The number of anilines is 1. The highest BCUT2D eigenvalue weighted by atomic mass is 19.1. The Kier molecular flexibility index (Phi) is 2.72. The largest absolute Gasteiger partial charge is 0.382 e. The SMILES string of the molecule is Nc1n[nH]c(-c2ccncc2)c1-c1ccccc1F. The molecule has 0 atom stereocenters. The number of nitrogens with one attached hydrogen (secondary N) is 1. The molecule has 3 N–H and O–H groups in total. The van der Waals surface area contributed by atoms with E-state index in [1.54, 1.807) is 30.6 Å². The van der Waals surface area contributed by atoms with E-state index in [0.29, 0.717) is 16.8 Å². The van der Waals surface area contributed by atoms with E-state index >= 15 is 0 Å². The maximum absolute atomic E-state index is 13.9. The molecular formula is C14H11FN4. The second-order valence-electron chi connectivity index (χ2n) is 4.07. The van der Waals surface area contributed by atoms with Gasteiger partial charge in [0.25, 0.3) is 0 Å². The summed E-state index contributed by atoms with van der Waals surface area (Å²) in [4.78, 5) is 3.96. The van der Waals surface area contributed by atoms with Crippen LogP contribution in [0.3, 0.4) is 0 Å². The lowest BCUT2D eigenvalue weighted by Crippen LogP contribution is -1.91. The maximum Gasteiger partial charge on any atom is 0.153 e. The standard InChI is InChI=1S/C14H11FN4/c15-11-4-2-1-3-10(11)12-13(18-19-14(12)16)9-5-7-17-8-6-9/h1-8H,(H3,16,18,19). The van der Waals surface area contributed by atoms with Gasteiger partial charge in [0.05, 0.1) is 11.3 Å². The van der Waals surface area contributed by atoms with Gasteiger partial charge >= 0.3 is 0 Å². The van der Waals surface area contributed by atoms with E-state index in [4.69, 9.17) is 5.73 Å². The zero-order valence-electron chi connectivity index (χ0n) is 9.97. The van der Waals surface area contributed by atoms with E-state index in [-0.39, 0.29) is 11.6 Å². The van der Waals surface area contributed by atoms with Crippen LogP contribution in [0, 0.1) is 5.82 Å². The fraction of sp³-hybridized carbons (Fsp3) is 0. The number of aromatic amines is 1. The summed E-state index contributed by atoms with van der Waals surface area (Å²) in [6.45, 7) is 0. The van der Waals surface area contributed by atoms with Crippen LogP contribution in [0.2, 0.25) is 0 Å². The van der Waals surface area contributed by atoms with Crippen LogP contribution in [-0.4, -0.2) is 15.2 Å². The molecule has 3 aromatic rings. The van der Waals surface area contributed by atoms with Crippen molar-refractivity contribution in [3.63, 3.8) is 0 Å². The molecule has 0 saturated heterocycles. The van der Waals surface area contributed by atoms with Gasteiger partial charge in [-0.15, -0.1) is 0 Å². The third-order valence-corrected chi connectivity index (χ3v) is 2.91. The molecule has 3 rings (SSSR count). The molecule has 0 unspecified atom stereocenters. The Hall–Kier alpha value is -2.69. The first-order valence-corrected chi connectivity index (χ1v) is 5.76. The number of hydrogen-bond donors (Lipinski definition) is 2. The van der Waals surface area contributed by atoms with Crippen molar-refractivity contribution in [3.05, 3.63) is 54.6 Å². The molecule has 0 aliphatic carbocycles. The minimum Gasteiger partial charge on any atom is -0.382 e. The number of aromatic nitrogens is 3. The van der Waals surface area contributed by atoms with Gasteiger partial charge in [0.2, 0.25) is 0 Å². The Labute approximate surface area is 109 Å². The van der Waals surface area contributed by atoms with E-state index in [0.717, 1.165) is 5.56 Å². The second-order valence-corrected chi connectivity index (χ2v) is 4.07. The number of pyridine rings is 1. The second kappa shape index (κ2) is 4.53. The minimum absolute atomic E-state index is 0.275. The molecule has 2 aromatic heterocycles. The molecule has 0 aliphatic heterocycles. The van der Waals surface area contributed by atoms with Crippen molar-refractivity contribution in [2.24, 2.45) is 0 Å². The smallest absolute Gasteiger partial charge is 0.153 e. The third kappa shape index (κ3) is 1.95. The van der Waals surface area contributed by atoms with Gasteiger partial charge in [-0.25, -0.2) is 4.39 Å². The van der Waals surface area contributed by atoms with Gasteiger partial charge in [-0.05, 0) is 18.2 Å². The van der Waals surface area contributed by atoms with Crippen LogP contribution in [-0.2, 0) is 0 Å². The van der Waals surface area contributed by atoms with Crippen molar-refractivity contribution >= 4 is 5.82 Å². The number of nitrogens with two attached hydrogens (primary N) is 1. The zero-order valence-corrected chi connectivity index (χ0v) is 9.97.